The minimum absolute atomic E-state index is 0. The van der Waals surface area contributed by atoms with Gasteiger partial charge >= 0.3 is 0 Å². The summed E-state index contributed by atoms with van der Waals surface area (Å²) in [6, 6.07) is 11.0. The summed E-state index contributed by atoms with van der Waals surface area (Å²) >= 11 is 0. The monoisotopic (exact) mass is 496 g/mol. The van der Waals surface area contributed by atoms with Crippen molar-refractivity contribution in [1.82, 2.24) is 25.1 Å². The first-order valence-corrected chi connectivity index (χ1v) is 10.0. The van der Waals surface area contributed by atoms with Gasteiger partial charge in [-0.3, -0.25) is 4.99 Å². The first kappa shape index (κ1) is 22.7. The molecule has 0 spiro atoms. The number of aromatic nitrogens is 2. The zero-order chi connectivity index (χ0) is 18.9. The number of nitrogens with zero attached hydrogens (tertiary/aromatic N) is 4. The van der Waals surface area contributed by atoms with E-state index in [1.165, 1.54) is 44.5 Å². The third kappa shape index (κ3) is 6.77. The number of halogens is 1. The maximum atomic E-state index is 4.51. The molecule has 0 aliphatic carbocycles. The third-order valence-electron chi connectivity index (χ3n) is 5.10. The summed E-state index contributed by atoms with van der Waals surface area (Å²) in [5.41, 5.74) is 1.28. The van der Waals surface area contributed by atoms with E-state index in [0.29, 0.717) is 12.6 Å². The Bertz CT molecular complexity index is 707. The molecule has 0 bridgehead atoms. The van der Waals surface area contributed by atoms with Crippen LogP contribution < -0.4 is 10.6 Å². The summed E-state index contributed by atoms with van der Waals surface area (Å²) in [6.07, 6.45) is 7.47. The van der Waals surface area contributed by atoms with E-state index in [0.717, 1.165) is 18.3 Å². The molecule has 0 unspecified atom stereocenters. The van der Waals surface area contributed by atoms with Crippen molar-refractivity contribution in [3.05, 3.63) is 54.1 Å². The van der Waals surface area contributed by atoms with Crippen LogP contribution in [0.15, 0.2) is 47.7 Å². The van der Waals surface area contributed by atoms with Crippen molar-refractivity contribution in [2.45, 2.75) is 45.3 Å². The van der Waals surface area contributed by atoms with Crippen molar-refractivity contribution in [3.63, 3.8) is 0 Å². The van der Waals surface area contributed by atoms with Crippen LogP contribution in [0.5, 0.6) is 0 Å². The molecule has 3 rings (SSSR count). The van der Waals surface area contributed by atoms with Gasteiger partial charge in [0.15, 0.2) is 5.96 Å². The second-order valence-electron chi connectivity index (χ2n) is 7.14. The zero-order valence-corrected chi connectivity index (χ0v) is 19.3. The molecule has 0 saturated carbocycles. The summed E-state index contributed by atoms with van der Waals surface area (Å²) in [5, 5.41) is 7.00. The molecular formula is C21H33IN6. The Labute approximate surface area is 185 Å². The highest BCUT2D eigenvalue weighted by atomic mass is 127. The quantitative estimate of drug-likeness (QED) is 0.352. The Balaban J connectivity index is 0.00000280. The van der Waals surface area contributed by atoms with Crippen LogP contribution in [0.4, 0.5) is 0 Å². The normalized spacial score (nSPS) is 15.9. The van der Waals surface area contributed by atoms with Crippen LogP contribution in [0.2, 0.25) is 0 Å². The van der Waals surface area contributed by atoms with Gasteiger partial charge in [0.1, 0.15) is 5.82 Å². The van der Waals surface area contributed by atoms with Crippen molar-refractivity contribution in [2.24, 2.45) is 4.99 Å². The number of benzene rings is 1. The van der Waals surface area contributed by atoms with E-state index < -0.39 is 0 Å². The van der Waals surface area contributed by atoms with E-state index in [-0.39, 0.29) is 24.0 Å². The molecule has 6 nitrogen and oxygen atoms in total. The topological polar surface area (TPSA) is 57.5 Å². The van der Waals surface area contributed by atoms with Crippen molar-refractivity contribution in [1.29, 1.82) is 0 Å². The first-order valence-electron chi connectivity index (χ1n) is 10.0. The van der Waals surface area contributed by atoms with Crippen LogP contribution in [-0.4, -0.2) is 53.1 Å². The van der Waals surface area contributed by atoms with E-state index in [1.54, 1.807) is 0 Å². The predicted octanol–water partition coefficient (Wildman–Crippen LogP) is 3.09. The average Bonchev–Trinajstić information content (AvgIpc) is 3.14. The second kappa shape index (κ2) is 12.1. The fourth-order valence-corrected chi connectivity index (χ4v) is 3.60. The van der Waals surface area contributed by atoms with Gasteiger partial charge in [-0.1, -0.05) is 37.3 Å². The number of rotatable bonds is 7. The number of aliphatic imine (C=N–C) groups is 1. The molecule has 154 valence electrons. The number of hydrogen-bond acceptors (Lipinski definition) is 3. The molecule has 0 atom stereocenters. The highest BCUT2D eigenvalue weighted by Gasteiger charge is 2.19. The molecule has 0 radical (unpaired) electrons. The lowest BCUT2D eigenvalue weighted by Crippen LogP contribution is -2.48. The number of likely N-dealkylation sites (tertiary alicyclic amines) is 1. The standard InChI is InChI=1S/C21H32N6.HI/c1-3-12-26-13-9-19(10-14-26)25-21(22-2)24-16-20-23-11-15-27(20)17-18-7-5-4-6-8-18;/h4-8,11,15,19H,3,9-10,12-14,16-17H2,1-2H3,(H2,22,24,25);1H. The highest BCUT2D eigenvalue weighted by molar-refractivity contribution is 14.0. The molecule has 1 aliphatic rings. The molecule has 1 fully saturated rings. The van der Waals surface area contributed by atoms with Gasteiger partial charge in [0.25, 0.3) is 0 Å². The van der Waals surface area contributed by atoms with Crippen molar-refractivity contribution < 1.29 is 0 Å². The van der Waals surface area contributed by atoms with Gasteiger partial charge < -0.3 is 20.1 Å². The van der Waals surface area contributed by atoms with E-state index in [1.807, 2.05) is 25.5 Å². The van der Waals surface area contributed by atoms with Crippen LogP contribution in [-0.2, 0) is 13.1 Å². The summed E-state index contributed by atoms with van der Waals surface area (Å²) in [5.74, 6) is 1.87. The van der Waals surface area contributed by atoms with Gasteiger partial charge in [-0.25, -0.2) is 4.98 Å². The van der Waals surface area contributed by atoms with Gasteiger partial charge in [-0.15, -0.1) is 24.0 Å². The Hall–Kier alpha value is -1.61. The molecule has 0 amide bonds. The molecule has 2 aromatic rings. The first-order chi connectivity index (χ1) is 13.3. The largest absolute Gasteiger partial charge is 0.354 e. The maximum absolute atomic E-state index is 4.51. The van der Waals surface area contributed by atoms with Gasteiger partial charge in [-0.05, 0) is 31.4 Å². The van der Waals surface area contributed by atoms with Gasteiger partial charge in [0, 0.05) is 45.1 Å². The van der Waals surface area contributed by atoms with Gasteiger partial charge in [-0.2, -0.15) is 0 Å². The van der Waals surface area contributed by atoms with E-state index in [2.05, 4.69) is 61.3 Å². The van der Waals surface area contributed by atoms with Crippen LogP contribution in [0.25, 0.3) is 0 Å². The van der Waals surface area contributed by atoms with Crippen LogP contribution in [0.3, 0.4) is 0 Å². The lowest BCUT2D eigenvalue weighted by atomic mass is 10.1. The van der Waals surface area contributed by atoms with Crippen LogP contribution in [0, 0.1) is 0 Å². The second-order valence-corrected chi connectivity index (χ2v) is 7.14. The molecule has 1 aromatic heterocycles. The zero-order valence-electron chi connectivity index (χ0n) is 17.0. The van der Waals surface area contributed by atoms with E-state index >= 15 is 0 Å². The fourth-order valence-electron chi connectivity index (χ4n) is 3.60. The van der Waals surface area contributed by atoms with E-state index in [9.17, 15) is 0 Å². The summed E-state index contributed by atoms with van der Waals surface area (Å²) in [6.45, 7) is 7.30. The number of guanidine groups is 1. The predicted molar refractivity (Wildman–Crippen MR) is 126 cm³/mol. The molecule has 28 heavy (non-hydrogen) atoms. The molecular weight excluding hydrogens is 463 g/mol. The number of nitrogens with one attached hydrogen (secondary N) is 2. The Morgan fingerprint density at radius 1 is 1.21 bits per heavy atom. The van der Waals surface area contributed by atoms with E-state index in [4.69, 9.17) is 0 Å². The molecule has 7 heteroatoms. The summed E-state index contributed by atoms with van der Waals surface area (Å²) in [7, 11) is 1.83. The number of piperidine rings is 1. The SMILES string of the molecule is CCCN1CCC(NC(=NC)NCc2nccn2Cc2ccccc2)CC1.I. The third-order valence-corrected chi connectivity index (χ3v) is 5.10. The molecule has 1 aliphatic heterocycles. The Morgan fingerprint density at radius 2 is 1.96 bits per heavy atom. The maximum Gasteiger partial charge on any atom is 0.191 e. The average molecular weight is 496 g/mol. The number of hydrogen-bond donors (Lipinski definition) is 2. The lowest BCUT2D eigenvalue weighted by Gasteiger charge is -2.32. The summed E-state index contributed by atoms with van der Waals surface area (Å²) < 4.78 is 2.18. The van der Waals surface area contributed by atoms with Crippen molar-refractivity contribution in [2.75, 3.05) is 26.7 Å². The molecule has 1 saturated heterocycles. The molecule has 1 aromatic carbocycles. The fraction of sp³-hybridized carbons (Fsp3) is 0.524. The Morgan fingerprint density at radius 3 is 2.64 bits per heavy atom. The van der Waals surface area contributed by atoms with Crippen molar-refractivity contribution >= 4 is 29.9 Å². The molecule has 2 N–H and O–H groups in total. The highest BCUT2D eigenvalue weighted by Crippen LogP contribution is 2.10. The van der Waals surface area contributed by atoms with Gasteiger partial charge in [0.2, 0.25) is 0 Å². The number of imidazole rings is 1. The van der Waals surface area contributed by atoms with Gasteiger partial charge in [0.05, 0.1) is 6.54 Å². The molecule has 2 heterocycles. The van der Waals surface area contributed by atoms with Crippen LogP contribution >= 0.6 is 24.0 Å². The van der Waals surface area contributed by atoms with Crippen molar-refractivity contribution in [3.8, 4) is 0 Å². The lowest BCUT2D eigenvalue weighted by molar-refractivity contribution is 0.206. The Kier molecular flexibility index (Phi) is 9.77. The van der Waals surface area contributed by atoms with Crippen LogP contribution in [0.1, 0.15) is 37.6 Å². The minimum atomic E-state index is 0. The minimum Gasteiger partial charge on any atom is -0.354 e. The smallest absolute Gasteiger partial charge is 0.191 e. The summed E-state index contributed by atoms with van der Waals surface area (Å²) in [4.78, 5) is 11.5.